The summed E-state index contributed by atoms with van der Waals surface area (Å²) in [7, 11) is 0. The van der Waals surface area contributed by atoms with E-state index in [-0.39, 0.29) is 6.03 Å². The van der Waals surface area contributed by atoms with Gasteiger partial charge in [-0.15, -0.1) is 23.5 Å². The van der Waals surface area contributed by atoms with Crippen molar-refractivity contribution in [3.63, 3.8) is 0 Å². The maximum Gasteiger partial charge on any atom is 0.321 e. The van der Waals surface area contributed by atoms with Crippen LogP contribution in [0.3, 0.4) is 0 Å². The maximum absolute atomic E-state index is 12.6. The van der Waals surface area contributed by atoms with Gasteiger partial charge >= 0.3 is 6.03 Å². The van der Waals surface area contributed by atoms with Gasteiger partial charge in [0.15, 0.2) is 0 Å². The molecule has 27 heavy (non-hydrogen) atoms. The SMILES string of the molecule is O=C(Nc1cccc(C2SCCCS2)c1)N1CCN(Cc2ccco2)CC1. The van der Waals surface area contributed by atoms with Crippen LogP contribution in [-0.4, -0.2) is 53.5 Å². The number of thioether (sulfide) groups is 2. The van der Waals surface area contributed by atoms with Crippen molar-refractivity contribution >= 4 is 35.2 Å². The Morgan fingerprint density at radius 1 is 1.11 bits per heavy atom. The second-order valence-corrected chi connectivity index (χ2v) is 9.55. The highest BCUT2D eigenvalue weighted by Gasteiger charge is 2.22. The molecule has 5 nitrogen and oxygen atoms in total. The van der Waals surface area contributed by atoms with E-state index < -0.39 is 0 Å². The van der Waals surface area contributed by atoms with E-state index in [1.54, 1.807) is 6.26 Å². The number of hydrogen-bond acceptors (Lipinski definition) is 5. The highest BCUT2D eigenvalue weighted by atomic mass is 32.2. The average molecular weight is 404 g/mol. The molecular formula is C20H25N3O2S2. The maximum atomic E-state index is 12.6. The molecule has 0 spiro atoms. The van der Waals surface area contributed by atoms with Gasteiger partial charge in [-0.25, -0.2) is 4.79 Å². The molecule has 2 aromatic rings. The summed E-state index contributed by atoms with van der Waals surface area (Å²) in [6, 6.07) is 12.2. The number of piperazine rings is 1. The molecular weight excluding hydrogens is 378 g/mol. The molecule has 0 radical (unpaired) electrons. The van der Waals surface area contributed by atoms with E-state index in [1.807, 2.05) is 52.7 Å². The minimum Gasteiger partial charge on any atom is -0.468 e. The number of nitrogens with zero attached hydrogens (tertiary/aromatic N) is 2. The molecule has 0 aliphatic carbocycles. The lowest BCUT2D eigenvalue weighted by molar-refractivity contribution is 0.137. The Balaban J connectivity index is 1.29. The van der Waals surface area contributed by atoms with Gasteiger partial charge in [0.05, 0.1) is 17.4 Å². The van der Waals surface area contributed by atoms with Crippen LogP contribution in [0.1, 0.15) is 22.3 Å². The number of urea groups is 1. The molecule has 144 valence electrons. The molecule has 2 aliphatic heterocycles. The molecule has 1 aromatic heterocycles. The fourth-order valence-corrected chi connectivity index (χ4v) is 6.25. The molecule has 4 rings (SSSR count). The topological polar surface area (TPSA) is 48.7 Å². The number of amides is 2. The van der Waals surface area contributed by atoms with Gasteiger partial charge in [0.2, 0.25) is 0 Å². The lowest BCUT2D eigenvalue weighted by Gasteiger charge is -2.34. The molecule has 1 N–H and O–H groups in total. The van der Waals surface area contributed by atoms with Gasteiger partial charge in [0.25, 0.3) is 0 Å². The molecule has 0 bridgehead atoms. The predicted molar refractivity (Wildman–Crippen MR) is 113 cm³/mol. The minimum absolute atomic E-state index is 0.00579. The van der Waals surface area contributed by atoms with Crippen LogP contribution in [0.2, 0.25) is 0 Å². The van der Waals surface area contributed by atoms with E-state index in [0.717, 1.165) is 44.2 Å². The van der Waals surface area contributed by atoms with Crippen molar-refractivity contribution in [3.8, 4) is 0 Å². The lowest BCUT2D eigenvalue weighted by Crippen LogP contribution is -2.49. The van der Waals surface area contributed by atoms with Crippen LogP contribution >= 0.6 is 23.5 Å². The number of nitrogens with one attached hydrogen (secondary N) is 1. The monoisotopic (exact) mass is 403 g/mol. The fourth-order valence-electron chi connectivity index (χ4n) is 3.38. The lowest BCUT2D eigenvalue weighted by atomic mass is 10.2. The molecule has 0 saturated carbocycles. The van der Waals surface area contributed by atoms with Crippen LogP contribution in [0.15, 0.2) is 47.1 Å². The number of furan rings is 1. The summed E-state index contributed by atoms with van der Waals surface area (Å²) in [5, 5.41) is 3.08. The Kier molecular flexibility index (Phi) is 6.32. The summed E-state index contributed by atoms with van der Waals surface area (Å²) in [6.45, 7) is 4.01. The first kappa shape index (κ1) is 18.8. The average Bonchev–Trinajstić information content (AvgIpc) is 3.22. The summed E-state index contributed by atoms with van der Waals surface area (Å²) < 4.78 is 5.90. The zero-order valence-electron chi connectivity index (χ0n) is 15.3. The second-order valence-electron chi connectivity index (χ2n) is 6.83. The Morgan fingerprint density at radius 2 is 1.93 bits per heavy atom. The molecule has 1 aromatic carbocycles. The predicted octanol–water partition coefficient (Wildman–Crippen LogP) is 4.50. The Hall–Kier alpha value is -1.57. The van der Waals surface area contributed by atoms with Crippen LogP contribution in [-0.2, 0) is 6.54 Å². The number of anilines is 1. The minimum atomic E-state index is -0.00579. The number of rotatable bonds is 4. The second kappa shape index (κ2) is 9.08. The number of carbonyl (C=O) groups is 1. The summed E-state index contributed by atoms with van der Waals surface area (Å²) in [5.41, 5.74) is 2.19. The van der Waals surface area contributed by atoms with Gasteiger partial charge in [-0.1, -0.05) is 12.1 Å². The fraction of sp³-hybridized carbons (Fsp3) is 0.450. The molecule has 2 fully saturated rings. The van der Waals surface area contributed by atoms with Gasteiger partial charge in [-0.3, -0.25) is 4.90 Å². The Bertz CT molecular complexity index is 739. The zero-order valence-corrected chi connectivity index (χ0v) is 16.9. The number of benzene rings is 1. The first-order valence-electron chi connectivity index (χ1n) is 9.42. The molecule has 2 amide bonds. The molecule has 2 aliphatic rings. The van der Waals surface area contributed by atoms with Crippen LogP contribution < -0.4 is 5.32 Å². The van der Waals surface area contributed by atoms with E-state index >= 15 is 0 Å². The van der Waals surface area contributed by atoms with Crippen molar-refractivity contribution in [2.45, 2.75) is 17.5 Å². The summed E-state index contributed by atoms with van der Waals surface area (Å²) >= 11 is 4.00. The van der Waals surface area contributed by atoms with Gasteiger partial charge in [-0.2, -0.15) is 0 Å². The van der Waals surface area contributed by atoms with Crippen LogP contribution in [0.25, 0.3) is 0 Å². The number of hydrogen-bond donors (Lipinski definition) is 1. The third kappa shape index (κ3) is 5.03. The highest BCUT2D eigenvalue weighted by molar-refractivity contribution is 8.16. The van der Waals surface area contributed by atoms with Crippen molar-refractivity contribution in [3.05, 3.63) is 54.0 Å². The van der Waals surface area contributed by atoms with Crippen molar-refractivity contribution in [2.24, 2.45) is 0 Å². The standard InChI is InChI=1S/C20H25N3O2S2/c24-20(23-9-7-22(8-10-23)15-18-6-2-11-25-18)21-17-5-1-4-16(14-17)19-26-12-3-13-27-19/h1-2,4-6,11,14,19H,3,7-10,12-13,15H2,(H,21,24). The number of carbonyl (C=O) groups excluding carboxylic acids is 1. The van der Waals surface area contributed by atoms with Crippen molar-refractivity contribution in [1.82, 2.24) is 9.80 Å². The quantitative estimate of drug-likeness (QED) is 0.815. The van der Waals surface area contributed by atoms with Gasteiger partial charge in [-0.05, 0) is 47.8 Å². The molecule has 0 atom stereocenters. The van der Waals surface area contributed by atoms with E-state index in [9.17, 15) is 4.79 Å². The van der Waals surface area contributed by atoms with Crippen molar-refractivity contribution in [1.29, 1.82) is 0 Å². The molecule has 0 unspecified atom stereocenters. The van der Waals surface area contributed by atoms with Crippen LogP contribution in [0.5, 0.6) is 0 Å². The highest BCUT2D eigenvalue weighted by Crippen LogP contribution is 2.44. The van der Waals surface area contributed by atoms with Gasteiger partial charge in [0, 0.05) is 31.9 Å². The Morgan fingerprint density at radius 3 is 2.67 bits per heavy atom. The normalized spacial score (nSPS) is 19.2. The molecule has 3 heterocycles. The molecule has 2 saturated heterocycles. The third-order valence-electron chi connectivity index (χ3n) is 4.86. The van der Waals surface area contributed by atoms with Crippen LogP contribution in [0.4, 0.5) is 10.5 Å². The first-order chi connectivity index (χ1) is 13.3. The first-order valence-corrected chi connectivity index (χ1v) is 11.5. The van der Waals surface area contributed by atoms with Crippen molar-refractivity contribution in [2.75, 3.05) is 43.0 Å². The Labute approximate surface area is 168 Å². The smallest absolute Gasteiger partial charge is 0.321 e. The summed E-state index contributed by atoms with van der Waals surface area (Å²) in [6.07, 6.45) is 2.99. The van der Waals surface area contributed by atoms with Crippen molar-refractivity contribution < 1.29 is 9.21 Å². The van der Waals surface area contributed by atoms with E-state index in [4.69, 9.17) is 4.42 Å². The summed E-state index contributed by atoms with van der Waals surface area (Å²) in [4.78, 5) is 16.9. The summed E-state index contributed by atoms with van der Waals surface area (Å²) in [5.74, 6) is 3.41. The largest absolute Gasteiger partial charge is 0.468 e. The van der Waals surface area contributed by atoms with Crippen LogP contribution in [0, 0.1) is 0 Å². The zero-order chi connectivity index (χ0) is 18.5. The van der Waals surface area contributed by atoms with E-state index in [0.29, 0.717) is 4.58 Å². The van der Waals surface area contributed by atoms with Gasteiger partial charge < -0.3 is 14.6 Å². The molecule has 7 heteroatoms. The van der Waals surface area contributed by atoms with E-state index in [2.05, 4.69) is 22.3 Å². The van der Waals surface area contributed by atoms with Gasteiger partial charge in [0.1, 0.15) is 5.76 Å². The third-order valence-corrected chi connectivity index (χ3v) is 7.87. The van der Waals surface area contributed by atoms with E-state index in [1.165, 1.54) is 23.5 Å².